The topological polar surface area (TPSA) is 78.9 Å². The molecule has 0 N–H and O–H groups in total. The van der Waals surface area contributed by atoms with Crippen LogP contribution in [0.25, 0.3) is 0 Å². The molecule has 0 unspecified atom stereocenters. The average Bonchev–Trinajstić information content (AvgIpc) is 3.08. The van der Waals surface area contributed by atoms with E-state index in [4.69, 9.17) is 14.2 Å². The van der Waals surface area contributed by atoms with Crippen LogP contribution in [-0.2, 0) is 28.6 Å². The number of ether oxygens (including phenoxy) is 3. The van der Waals surface area contributed by atoms with E-state index in [9.17, 15) is 14.4 Å². The van der Waals surface area contributed by atoms with E-state index in [1.807, 2.05) is 0 Å². The maximum absolute atomic E-state index is 12.6. The highest BCUT2D eigenvalue weighted by molar-refractivity contribution is 5.71. The number of carbonyl (C=O) groups excluding carboxylic acids is 3. The summed E-state index contributed by atoms with van der Waals surface area (Å²) in [5.41, 5.74) is 0. The third-order valence-electron chi connectivity index (χ3n) is 9.54. The molecule has 0 spiro atoms. The van der Waals surface area contributed by atoms with Gasteiger partial charge < -0.3 is 14.2 Å². The molecule has 0 fully saturated rings. The highest BCUT2D eigenvalue weighted by Crippen LogP contribution is 2.16. The Bertz CT molecular complexity index is 736. The molecule has 0 saturated carbocycles. The summed E-state index contributed by atoms with van der Waals surface area (Å²) in [6.07, 6.45) is 35.3. The van der Waals surface area contributed by atoms with Gasteiger partial charge in [0.2, 0.25) is 0 Å². The zero-order valence-corrected chi connectivity index (χ0v) is 33.1. The molecule has 1 atom stereocenters. The van der Waals surface area contributed by atoms with Gasteiger partial charge in [-0.15, -0.1) is 0 Å². The van der Waals surface area contributed by atoms with E-state index >= 15 is 0 Å². The lowest BCUT2D eigenvalue weighted by Crippen LogP contribution is -2.30. The molecular weight excluding hydrogens is 612 g/mol. The predicted molar refractivity (Wildman–Crippen MR) is 206 cm³/mol. The van der Waals surface area contributed by atoms with Crippen molar-refractivity contribution in [1.29, 1.82) is 0 Å². The lowest BCUT2D eigenvalue weighted by Gasteiger charge is -2.18. The van der Waals surface area contributed by atoms with Crippen molar-refractivity contribution in [3.05, 3.63) is 0 Å². The molecule has 0 saturated heterocycles. The van der Waals surface area contributed by atoms with Crippen LogP contribution < -0.4 is 0 Å². The zero-order valence-electron chi connectivity index (χ0n) is 33.1. The fraction of sp³-hybridized carbons (Fsp3) is 0.930. The fourth-order valence-corrected chi connectivity index (χ4v) is 6.27. The first-order valence-corrected chi connectivity index (χ1v) is 21.4. The summed E-state index contributed by atoms with van der Waals surface area (Å²) in [6.45, 7) is 8.93. The Hall–Kier alpha value is -1.59. The number of esters is 3. The molecule has 0 bridgehead atoms. The monoisotopic (exact) mass is 695 g/mol. The minimum atomic E-state index is -0.756. The minimum absolute atomic E-state index is 0.0647. The van der Waals surface area contributed by atoms with Crippen LogP contribution in [0.5, 0.6) is 0 Å². The molecule has 0 aliphatic carbocycles. The van der Waals surface area contributed by atoms with Crippen LogP contribution in [0.15, 0.2) is 0 Å². The predicted octanol–water partition coefficient (Wildman–Crippen LogP) is 13.2. The van der Waals surface area contributed by atoms with Crippen LogP contribution >= 0.6 is 0 Å². The van der Waals surface area contributed by atoms with Crippen LogP contribution in [-0.4, -0.2) is 37.2 Å². The molecule has 6 heteroatoms. The molecule has 0 aromatic heterocycles. The van der Waals surface area contributed by atoms with Crippen molar-refractivity contribution in [3.63, 3.8) is 0 Å². The van der Waals surface area contributed by atoms with Gasteiger partial charge in [-0.25, -0.2) is 0 Å². The summed E-state index contributed by atoms with van der Waals surface area (Å²) >= 11 is 0. The van der Waals surface area contributed by atoms with Crippen molar-refractivity contribution in [3.8, 4) is 0 Å². The molecule has 0 aliphatic rings. The number of hydrogen-bond donors (Lipinski definition) is 0. The van der Waals surface area contributed by atoms with Gasteiger partial charge >= 0.3 is 17.9 Å². The summed E-state index contributed by atoms with van der Waals surface area (Å²) in [4.78, 5) is 37.4. The summed E-state index contributed by atoms with van der Waals surface area (Å²) in [5, 5.41) is 0. The third kappa shape index (κ3) is 37.5. The first-order valence-electron chi connectivity index (χ1n) is 21.4. The van der Waals surface area contributed by atoms with Crippen molar-refractivity contribution >= 4 is 17.9 Å². The molecule has 0 aromatic carbocycles. The van der Waals surface area contributed by atoms with Crippen molar-refractivity contribution in [1.82, 2.24) is 0 Å². The van der Waals surface area contributed by atoms with E-state index in [2.05, 4.69) is 27.7 Å². The van der Waals surface area contributed by atoms with E-state index in [1.165, 1.54) is 128 Å². The lowest BCUT2D eigenvalue weighted by molar-refractivity contribution is -0.167. The summed E-state index contributed by atoms with van der Waals surface area (Å²) < 4.78 is 16.6. The SMILES string of the molecule is CCCCCCCCCCCC(=O)O[C@@H](COC(=O)CCCCCCCCC)COC(=O)CCCCCCCCCCCCCCC(C)C. The van der Waals surface area contributed by atoms with E-state index in [0.29, 0.717) is 19.3 Å². The van der Waals surface area contributed by atoms with Gasteiger partial charge in [0.15, 0.2) is 6.10 Å². The maximum Gasteiger partial charge on any atom is 0.306 e. The molecule has 0 radical (unpaired) electrons. The van der Waals surface area contributed by atoms with Crippen LogP contribution in [0.4, 0.5) is 0 Å². The minimum Gasteiger partial charge on any atom is -0.462 e. The Morgan fingerprint density at radius 2 is 0.673 bits per heavy atom. The van der Waals surface area contributed by atoms with Gasteiger partial charge in [0.1, 0.15) is 13.2 Å². The van der Waals surface area contributed by atoms with Crippen LogP contribution in [0.3, 0.4) is 0 Å². The Kier molecular flexibility index (Phi) is 36.4. The molecule has 290 valence electrons. The van der Waals surface area contributed by atoms with E-state index in [0.717, 1.165) is 63.7 Å². The second-order valence-electron chi connectivity index (χ2n) is 15.1. The van der Waals surface area contributed by atoms with Gasteiger partial charge in [0, 0.05) is 19.3 Å². The van der Waals surface area contributed by atoms with Crippen LogP contribution in [0.1, 0.15) is 233 Å². The van der Waals surface area contributed by atoms with E-state index < -0.39 is 6.10 Å². The summed E-state index contributed by atoms with van der Waals surface area (Å²) in [6, 6.07) is 0. The summed E-state index contributed by atoms with van der Waals surface area (Å²) in [5.74, 6) is -0.0331. The first-order chi connectivity index (χ1) is 23.9. The molecule has 6 nitrogen and oxygen atoms in total. The molecule has 49 heavy (non-hydrogen) atoms. The van der Waals surface area contributed by atoms with Crippen molar-refractivity contribution < 1.29 is 28.6 Å². The smallest absolute Gasteiger partial charge is 0.306 e. The van der Waals surface area contributed by atoms with Crippen LogP contribution in [0, 0.1) is 5.92 Å². The fourth-order valence-electron chi connectivity index (χ4n) is 6.27. The zero-order chi connectivity index (χ0) is 36.0. The standard InChI is InChI=1S/C43H82O6/c1-5-7-9-11-13-18-24-28-32-36-43(46)49-40(37-47-41(44)34-30-26-21-12-10-8-6-2)38-48-42(45)35-31-27-23-20-17-15-14-16-19-22-25-29-33-39(3)4/h39-40H,5-38H2,1-4H3/t40-/m0/s1. The number of rotatable bonds is 38. The van der Waals surface area contributed by atoms with E-state index in [1.54, 1.807) is 0 Å². The Labute approximate surface area is 304 Å². The van der Waals surface area contributed by atoms with Crippen LogP contribution in [0.2, 0.25) is 0 Å². The van der Waals surface area contributed by atoms with E-state index in [-0.39, 0.29) is 31.1 Å². The van der Waals surface area contributed by atoms with Crippen molar-refractivity contribution in [2.45, 2.75) is 239 Å². The van der Waals surface area contributed by atoms with Gasteiger partial charge in [0.25, 0.3) is 0 Å². The van der Waals surface area contributed by atoms with Gasteiger partial charge in [-0.1, -0.05) is 195 Å². The molecule has 0 heterocycles. The normalized spacial score (nSPS) is 11.9. The van der Waals surface area contributed by atoms with Gasteiger partial charge in [0.05, 0.1) is 0 Å². The molecular formula is C43H82O6. The van der Waals surface area contributed by atoms with Gasteiger partial charge in [-0.2, -0.15) is 0 Å². The third-order valence-corrected chi connectivity index (χ3v) is 9.54. The molecule has 0 amide bonds. The van der Waals surface area contributed by atoms with Gasteiger partial charge in [-0.3, -0.25) is 14.4 Å². The second kappa shape index (κ2) is 37.7. The Balaban J connectivity index is 4.24. The largest absolute Gasteiger partial charge is 0.462 e. The molecule has 0 aromatic rings. The van der Waals surface area contributed by atoms with Gasteiger partial charge in [-0.05, 0) is 25.2 Å². The number of hydrogen-bond acceptors (Lipinski definition) is 6. The maximum atomic E-state index is 12.6. The highest BCUT2D eigenvalue weighted by Gasteiger charge is 2.19. The second-order valence-corrected chi connectivity index (χ2v) is 15.1. The van der Waals surface area contributed by atoms with Crippen molar-refractivity contribution in [2.24, 2.45) is 5.92 Å². The lowest BCUT2D eigenvalue weighted by atomic mass is 10.0. The first kappa shape index (κ1) is 47.4. The van der Waals surface area contributed by atoms with Crippen molar-refractivity contribution in [2.75, 3.05) is 13.2 Å². The number of unbranched alkanes of at least 4 members (excludes halogenated alkanes) is 25. The Morgan fingerprint density at radius 1 is 0.388 bits per heavy atom. The molecule has 0 rings (SSSR count). The Morgan fingerprint density at radius 3 is 1.00 bits per heavy atom. The average molecular weight is 695 g/mol. The quantitative estimate of drug-likeness (QED) is 0.0364. The molecule has 0 aliphatic heterocycles. The highest BCUT2D eigenvalue weighted by atomic mass is 16.6. The number of carbonyl (C=O) groups is 3. The summed E-state index contributed by atoms with van der Waals surface area (Å²) in [7, 11) is 0.